The third-order valence-corrected chi connectivity index (χ3v) is 3.90. The number of benzene rings is 2. The van der Waals surface area contributed by atoms with Gasteiger partial charge in [-0.25, -0.2) is 4.39 Å². The van der Waals surface area contributed by atoms with Crippen molar-refractivity contribution in [3.8, 4) is 16.9 Å². The number of pyridine rings is 1. The van der Waals surface area contributed by atoms with E-state index in [1.165, 1.54) is 12.1 Å². The Balaban J connectivity index is 1.78. The number of ether oxygens (including phenoxy) is 1. The Morgan fingerprint density at radius 2 is 1.84 bits per heavy atom. The van der Waals surface area contributed by atoms with Gasteiger partial charge in [0.25, 0.3) is 0 Å². The molecule has 0 aliphatic rings. The molecule has 1 N–H and O–H groups in total. The van der Waals surface area contributed by atoms with Crippen molar-refractivity contribution in [2.75, 3.05) is 0 Å². The molecule has 2 unspecified atom stereocenters. The molecule has 0 saturated heterocycles. The molecule has 0 radical (unpaired) electrons. The maximum Gasteiger partial charge on any atom is 0.128 e. The van der Waals surface area contributed by atoms with Crippen LogP contribution >= 0.6 is 0 Å². The average Bonchev–Trinajstić information content (AvgIpc) is 2.62. The van der Waals surface area contributed by atoms with E-state index in [0.29, 0.717) is 12.2 Å². The monoisotopic (exact) mass is 337 g/mol. The van der Waals surface area contributed by atoms with E-state index in [1.54, 1.807) is 25.4 Å². The molecule has 4 heteroatoms. The van der Waals surface area contributed by atoms with Gasteiger partial charge in [0.1, 0.15) is 17.7 Å². The molecule has 0 amide bonds. The minimum atomic E-state index is -0.489. The lowest BCUT2D eigenvalue weighted by atomic mass is 10.0. The summed E-state index contributed by atoms with van der Waals surface area (Å²) in [6.07, 6.45) is 3.15. The summed E-state index contributed by atoms with van der Waals surface area (Å²) >= 11 is 0. The summed E-state index contributed by atoms with van der Waals surface area (Å²) < 4.78 is 19.4. The van der Waals surface area contributed by atoms with Crippen LogP contribution in [-0.2, 0) is 0 Å². The fraction of sp³-hybridized carbons (Fsp3) is 0.190. The zero-order chi connectivity index (χ0) is 17.6. The lowest BCUT2D eigenvalue weighted by molar-refractivity contribution is 0.106. The van der Waals surface area contributed by atoms with Crippen LogP contribution in [0, 0.1) is 5.82 Å². The van der Waals surface area contributed by atoms with Crippen molar-refractivity contribution in [3.05, 3.63) is 84.4 Å². The van der Waals surface area contributed by atoms with Crippen molar-refractivity contribution in [3.63, 3.8) is 0 Å². The smallest absolute Gasteiger partial charge is 0.128 e. The molecule has 2 aromatic carbocycles. The minimum absolute atomic E-state index is 0.258. The second kappa shape index (κ2) is 7.90. The number of aliphatic hydroxyl groups is 1. The van der Waals surface area contributed by atoms with Crippen molar-refractivity contribution in [2.24, 2.45) is 0 Å². The van der Waals surface area contributed by atoms with Gasteiger partial charge in [-0.3, -0.25) is 4.98 Å². The van der Waals surface area contributed by atoms with E-state index in [-0.39, 0.29) is 11.9 Å². The van der Waals surface area contributed by atoms with Crippen LogP contribution in [0.4, 0.5) is 4.39 Å². The van der Waals surface area contributed by atoms with Gasteiger partial charge in [0.15, 0.2) is 0 Å². The van der Waals surface area contributed by atoms with E-state index >= 15 is 0 Å². The number of halogens is 1. The van der Waals surface area contributed by atoms with Crippen LogP contribution in [-0.4, -0.2) is 16.2 Å². The summed E-state index contributed by atoms with van der Waals surface area (Å²) in [4.78, 5) is 4.12. The number of rotatable bonds is 6. The van der Waals surface area contributed by atoms with E-state index in [0.717, 1.165) is 16.7 Å². The fourth-order valence-electron chi connectivity index (χ4n) is 2.69. The number of aliphatic hydroxyl groups excluding tert-OH is 1. The first-order chi connectivity index (χ1) is 12.1. The first-order valence-electron chi connectivity index (χ1n) is 8.22. The summed E-state index contributed by atoms with van der Waals surface area (Å²) in [5.41, 5.74) is 2.65. The van der Waals surface area contributed by atoms with Gasteiger partial charge in [-0.2, -0.15) is 0 Å². The Morgan fingerprint density at radius 3 is 2.48 bits per heavy atom. The molecule has 0 aliphatic heterocycles. The molecular formula is C21H20FNO2. The fourth-order valence-corrected chi connectivity index (χ4v) is 2.69. The molecule has 0 spiro atoms. The van der Waals surface area contributed by atoms with Crippen LogP contribution in [0.2, 0.25) is 0 Å². The highest BCUT2D eigenvalue weighted by molar-refractivity contribution is 5.64. The lowest BCUT2D eigenvalue weighted by Gasteiger charge is -2.21. The molecule has 1 heterocycles. The molecule has 128 valence electrons. The number of hydrogen-bond donors (Lipinski definition) is 1. The molecule has 1 aromatic heterocycles. The zero-order valence-electron chi connectivity index (χ0n) is 14.0. The zero-order valence-corrected chi connectivity index (χ0v) is 14.0. The maximum absolute atomic E-state index is 13.4. The molecule has 3 rings (SSSR count). The molecule has 0 aliphatic carbocycles. The SMILES string of the molecule is CC(O)CC(Oc1ccc(-c2cccc(F)c2)cc1)c1cccnc1. The summed E-state index contributed by atoms with van der Waals surface area (Å²) in [5.74, 6) is 0.432. The molecule has 0 fully saturated rings. The third kappa shape index (κ3) is 4.64. The second-order valence-electron chi connectivity index (χ2n) is 6.01. The van der Waals surface area contributed by atoms with Crippen molar-refractivity contribution in [1.82, 2.24) is 4.98 Å². The summed E-state index contributed by atoms with van der Waals surface area (Å²) in [5, 5.41) is 9.74. The van der Waals surface area contributed by atoms with E-state index in [1.807, 2.05) is 42.5 Å². The predicted molar refractivity (Wildman–Crippen MR) is 95.7 cm³/mol. The number of aromatic nitrogens is 1. The quantitative estimate of drug-likeness (QED) is 0.704. The Hall–Kier alpha value is -2.72. The van der Waals surface area contributed by atoms with E-state index in [2.05, 4.69) is 4.98 Å². The molecule has 0 saturated carbocycles. The standard InChI is InChI=1S/C21H20FNO2/c1-15(24)12-21(18-5-3-11-23-14-18)25-20-9-7-16(8-10-20)17-4-2-6-19(22)13-17/h2-11,13-15,21,24H,12H2,1H3. The van der Waals surface area contributed by atoms with Gasteiger partial charge in [0.2, 0.25) is 0 Å². The third-order valence-electron chi connectivity index (χ3n) is 3.90. The molecule has 25 heavy (non-hydrogen) atoms. The van der Waals surface area contributed by atoms with Gasteiger partial charge < -0.3 is 9.84 Å². The van der Waals surface area contributed by atoms with Crippen LogP contribution in [0.15, 0.2) is 73.1 Å². The van der Waals surface area contributed by atoms with Crippen molar-refractivity contribution in [1.29, 1.82) is 0 Å². The van der Waals surface area contributed by atoms with Crippen molar-refractivity contribution < 1.29 is 14.2 Å². The maximum atomic E-state index is 13.4. The highest BCUT2D eigenvalue weighted by atomic mass is 19.1. The predicted octanol–water partition coefficient (Wildman–Crippen LogP) is 4.78. The van der Waals surface area contributed by atoms with E-state index < -0.39 is 6.10 Å². The topological polar surface area (TPSA) is 42.4 Å². The van der Waals surface area contributed by atoms with Gasteiger partial charge in [-0.05, 0) is 48.4 Å². The largest absolute Gasteiger partial charge is 0.486 e. The van der Waals surface area contributed by atoms with E-state index in [9.17, 15) is 9.50 Å². The first-order valence-corrected chi connectivity index (χ1v) is 8.22. The second-order valence-corrected chi connectivity index (χ2v) is 6.01. The Labute approximate surface area is 146 Å². The highest BCUT2D eigenvalue weighted by Gasteiger charge is 2.16. The number of hydrogen-bond acceptors (Lipinski definition) is 3. The van der Waals surface area contributed by atoms with E-state index in [4.69, 9.17) is 4.74 Å². The van der Waals surface area contributed by atoms with Gasteiger partial charge in [0.05, 0.1) is 6.10 Å². The van der Waals surface area contributed by atoms with Crippen LogP contribution < -0.4 is 4.74 Å². The highest BCUT2D eigenvalue weighted by Crippen LogP contribution is 2.28. The summed E-state index contributed by atoms with van der Waals surface area (Å²) in [7, 11) is 0. The number of nitrogens with zero attached hydrogens (tertiary/aromatic N) is 1. The molecule has 3 aromatic rings. The Bertz CT molecular complexity index is 804. The minimum Gasteiger partial charge on any atom is -0.486 e. The van der Waals surface area contributed by atoms with Gasteiger partial charge >= 0.3 is 0 Å². The van der Waals surface area contributed by atoms with Crippen molar-refractivity contribution in [2.45, 2.75) is 25.6 Å². The lowest BCUT2D eigenvalue weighted by Crippen LogP contribution is -2.14. The van der Waals surface area contributed by atoms with Gasteiger partial charge in [0, 0.05) is 24.4 Å². The first kappa shape index (κ1) is 17.1. The van der Waals surface area contributed by atoms with Crippen LogP contribution in [0.25, 0.3) is 11.1 Å². The Kier molecular flexibility index (Phi) is 5.41. The van der Waals surface area contributed by atoms with Gasteiger partial charge in [-0.15, -0.1) is 0 Å². The molecular weight excluding hydrogens is 317 g/mol. The van der Waals surface area contributed by atoms with Crippen molar-refractivity contribution >= 4 is 0 Å². The molecule has 2 atom stereocenters. The van der Waals surface area contributed by atoms with Crippen LogP contribution in [0.3, 0.4) is 0 Å². The van der Waals surface area contributed by atoms with Crippen LogP contribution in [0.1, 0.15) is 25.0 Å². The average molecular weight is 337 g/mol. The Morgan fingerprint density at radius 1 is 1.04 bits per heavy atom. The summed E-state index contributed by atoms with van der Waals surface area (Å²) in [6.45, 7) is 1.74. The normalized spacial score (nSPS) is 13.2. The molecule has 0 bridgehead atoms. The van der Waals surface area contributed by atoms with Gasteiger partial charge in [-0.1, -0.05) is 30.3 Å². The molecule has 3 nitrogen and oxygen atoms in total. The van der Waals surface area contributed by atoms with Crippen LogP contribution in [0.5, 0.6) is 5.75 Å². The summed E-state index contributed by atoms with van der Waals surface area (Å²) in [6, 6.07) is 17.8.